The van der Waals surface area contributed by atoms with E-state index in [1.165, 1.54) is 7.11 Å². The Labute approximate surface area is 283 Å². The van der Waals surface area contributed by atoms with Crippen molar-refractivity contribution in [1.82, 2.24) is 20.6 Å². The minimum absolute atomic E-state index is 0.0300. The molecule has 3 atom stereocenters. The number of aromatic nitrogens is 2. The normalized spacial score (nSPS) is 16.9. The van der Waals surface area contributed by atoms with E-state index in [1.807, 2.05) is 84.9 Å². The zero-order valence-corrected chi connectivity index (χ0v) is 27.2. The molecule has 11 heteroatoms. The molecule has 0 saturated carbocycles. The largest absolute Gasteiger partial charge is 0.453 e. The molecule has 47 heavy (non-hydrogen) atoms. The van der Waals surface area contributed by atoms with E-state index < -0.39 is 18.1 Å². The van der Waals surface area contributed by atoms with Crippen molar-refractivity contribution in [3.8, 4) is 0 Å². The number of para-hydroxylation sites is 1. The van der Waals surface area contributed by atoms with E-state index in [-0.39, 0.29) is 18.1 Å². The first kappa shape index (κ1) is 32.5. The van der Waals surface area contributed by atoms with E-state index in [1.54, 1.807) is 12.1 Å². The average Bonchev–Trinajstić information content (AvgIpc) is 3.51. The third-order valence-corrected chi connectivity index (χ3v) is 9.09. The lowest BCUT2D eigenvalue weighted by Crippen LogP contribution is -2.48. The number of alkyl carbamates (subject to hydrolysis) is 1. The van der Waals surface area contributed by atoms with E-state index in [9.17, 15) is 9.59 Å². The fourth-order valence-corrected chi connectivity index (χ4v) is 6.27. The number of imidazole rings is 1. The molecule has 1 fully saturated rings. The predicted molar refractivity (Wildman–Crippen MR) is 184 cm³/mol. The topological polar surface area (TPSA) is 117 Å². The van der Waals surface area contributed by atoms with E-state index in [0.717, 1.165) is 40.0 Å². The second-order valence-corrected chi connectivity index (χ2v) is 12.2. The highest BCUT2D eigenvalue weighted by Gasteiger charge is 2.33. The maximum Gasteiger partial charge on any atom is 0.407 e. The number of nitrogens with one attached hydrogen (secondary N) is 4. The van der Waals surface area contributed by atoms with Gasteiger partial charge in [0.05, 0.1) is 46.9 Å². The molecule has 1 saturated heterocycles. The number of hydrogen-bond donors (Lipinski definition) is 4. The number of methoxy groups -OCH3 is 1. The molecule has 2 amide bonds. The summed E-state index contributed by atoms with van der Waals surface area (Å²) in [5.41, 5.74) is 4.98. The number of aryl methyl sites for hydroxylation is 1. The average molecular weight is 673 g/mol. The molecular formula is C36H35Cl2N5O4. The first-order valence-corrected chi connectivity index (χ1v) is 16.2. The summed E-state index contributed by atoms with van der Waals surface area (Å²) < 4.78 is 11.2. The molecule has 9 nitrogen and oxygen atoms in total. The lowest BCUT2D eigenvalue weighted by molar-refractivity contribution is -0.118. The summed E-state index contributed by atoms with van der Waals surface area (Å²) in [4.78, 5) is 34.6. The number of aromatic amines is 1. The van der Waals surface area contributed by atoms with Crippen LogP contribution in [0.3, 0.4) is 0 Å². The third-order valence-electron chi connectivity index (χ3n) is 8.37. The van der Waals surface area contributed by atoms with Crippen LogP contribution < -0.4 is 16.0 Å². The SMILES string of the molecule is COC(=O)N[C@H](C(=O)Nc1ccccc1CC[C@@H]1CN[C@H](c2nc3cc(Cl)c(Cl)cc3[nH]2)CO1)C(c1ccccc1)c1ccccc1. The maximum atomic E-state index is 14.0. The number of anilines is 1. The number of ether oxygens (including phenoxy) is 2. The monoisotopic (exact) mass is 671 g/mol. The number of H-pyrrole nitrogens is 1. The van der Waals surface area contributed by atoms with Crippen molar-refractivity contribution in [3.05, 3.63) is 130 Å². The number of carbonyl (C=O) groups excluding carboxylic acids is 2. The van der Waals surface area contributed by atoms with Crippen LogP contribution in [0.15, 0.2) is 97.1 Å². The van der Waals surface area contributed by atoms with Crippen molar-refractivity contribution in [3.63, 3.8) is 0 Å². The minimum Gasteiger partial charge on any atom is -0.453 e. The molecule has 4 aromatic carbocycles. The van der Waals surface area contributed by atoms with E-state index in [2.05, 4.69) is 25.9 Å². The van der Waals surface area contributed by atoms with Gasteiger partial charge >= 0.3 is 6.09 Å². The summed E-state index contributed by atoms with van der Waals surface area (Å²) in [5, 5.41) is 10.4. The molecule has 1 aliphatic heterocycles. The molecular weight excluding hydrogens is 637 g/mol. The Balaban J connectivity index is 1.13. The lowest BCUT2D eigenvalue weighted by atomic mass is 9.84. The fraction of sp³-hybridized carbons (Fsp3) is 0.250. The molecule has 242 valence electrons. The number of rotatable bonds is 10. The van der Waals surface area contributed by atoms with Gasteiger partial charge in [0.15, 0.2) is 0 Å². The van der Waals surface area contributed by atoms with Gasteiger partial charge in [-0.25, -0.2) is 9.78 Å². The molecule has 0 aliphatic carbocycles. The van der Waals surface area contributed by atoms with Gasteiger partial charge in [-0.2, -0.15) is 0 Å². The molecule has 0 unspecified atom stereocenters. The molecule has 5 aromatic rings. The van der Waals surface area contributed by atoms with Crippen molar-refractivity contribution in [2.45, 2.75) is 36.9 Å². The first-order chi connectivity index (χ1) is 22.9. The van der Waals surface area contributed by atoms with Crippen LogP contribution in [0.5, 0.6) is 0 Å². The van der Waals surface area contributed by atoms with Gasteiger partial charge in [-0.05, 0) is 47.7 Å². The van der Waals surface area contributed by atoms with Gasteiger partial charge in [0, 0.05) is 18.2 Å². The molecule has 1 aliphatic rings. The Morgan fingerprint density at radius 2 is 1.62 bits per heavy atom. The number of benzene rings is 4. The molecule has 0 spiro atoms. The maximum absolute atomic E-state index is 14.0. The fourth-order valence-electron chi connectivity index (χ4n) is 5.95. The number of morpholine rings is 1. The minimum atomic E-state index is -0.951. The number of fused-ring (bicyclic) bond motifs is 1. The van der Waals surface area contributed by atoms with E-state index in [0.29, 0.717) is 35.3 Å². The summed E-state index contributed by atoms with van der Waals surface area (Å²) in [7, 11) is 1.28. The van der Waals surface area contributed by atoms with Crippen LogP contribution in [-0.4, -0.2) is 54.4 Å². The number of halogens is 2. The van der Waals surface area contributed by atoms with Gasteiger partial charge < -0.3 is 30.4 Å². The highest BCUT2D eigenvalue weighted by Crippen LogP contribution is 2.31. The summed E-state index contributed by atoms with van der Waals surface area (Å²) >= 11 is 12.3. The molecule has 4 N–H and O–H groups in total. The van der Waals surface area contributed by atoms with Crippen LogP contribution >= 0.6 is 23.2 Å². The van der Waals surface area contributed by atoms with Crippen LogP contribution in [0.25, 0.3) is 11.0 Å². The van der Waals surface area contributed by atoms with Crippen molar-refractivity contribution in [2.75, 3.05) is 25.6 Å². The smallest absolute Gasteiger partial charge is 0.407 e. The molecule has 2 heterocycles. The second kappa shape index (κ2) is 15.0. The molecule has 1 aromatic heterocycles. The Morgan fingerprint density at radius 3 is 2.28 bits per heavy atom. The summed E-state index contributed by atoms with van der Waals surface area (Å²) in [6, 6.07) is 29.5. The van der Waals surface area contributed by atoms with Crippen LogP contribution in [0.4, 0.5) is 10.5 Å². The van der Waals surface area contributed by atoms with Crippen LogP contribution in [0.2, 0.25) is 10.0 Å². The molecule has 0 radical (unpaired) electrons. The van der Waals surface area contributed by atoms with E-state index in [4.69, 9.17) is 32.7 Å². The predicted octanol–water partition coefficient (Wildman–Crippen LogP) is 7.03. The number of hydrogen-bond acceptors (Lipinski definition) is 6. The Kier molecular flexibility index (Phi) is 10.4. The van der Waals surface area contributed by atoms with E-state index >= 15 is 0 Å². The Morgan fingerprint density at radius 1 is 0.957 bits per heavy atom. The van der Waals surface area contributed by atoms with Crippen molar-refractivity contribution < 1.29 is 19.1 Å². The number of amides is 2. The zero-order valence-electron chi connectivity index (χ0n) is 25.7. The van der Waals surface area contributed by atoms with Gasteiger partial charge in [0.1, 0.15) is 11.9 Å². The second-order valence-electron chi connectivity index (χ2n) is 11.4. The van der Waals surface area contributed by atoms with Crippen LogP contribution in [0, 0.1) is 0 Å². The van der Waals surface area contributed by atoms with Gasteiger partial charge in [-0.3, -0.25) is 4.79 Å². The Hall–Kier alpha value is -4.41. The van der Waals surface area contributed by atoms with Gasteiger partial charge in [-0.15, -0.1) is 0 Å². The molecule has 6 rings (SSSR count). The summed E-state index contributed by atoms with van der Waals surface area (Å²) in [5.74, 6) is -0.0456. The highest BCUT2D eigenvalue weighted by atomic mass is 35.5. The standard InChI is InChI=1S/C36H35Cl2N5O4/c1-46-36(45)43-33(32(23-11-4-2-5-12-23)24-13-6-3-7-14-24)35(44)42-28-15-9-8-10-22(28)16-17-25-20-39-31(21-47-25)34-40-29-18-26(37)27(38)19-30(29)41-34/h2-15,18-19,25,31-33,39H,16-17,20-21H2,1H3,(H,40,41)(H,42,44)(H,43,45)/t25-,31+,33+/m1/s1. The van der Waals surface area contributed by atoms with Crippen molar-refractivity contribution in [2.24, 2.45) is 0 Å². The van der Waals surface area contributed by atoms with Crippen molar-refractivity contribution >= 4 is 51.9 Å². The zero-order chi connectivity index (χ0) is 32.8. The molecule has 0 bridgehead atoms. The Bertz CT molecular complexity index is 1750. The highest BCUT2D eigenvalue weighted by molar-refractivity contribution is 6.42. The van der Waals surface area contributed by atoms with Gasteiger partial charge in [-0.1, -0.05) is 102 Å². The summed E-state index contributed by atoms with van der Waals surface area (Å²) in [6.45, 7) is 1.09. The third kappa shape index (κ3) is 7.77. The first-order valence-electron chi connectivity index (χ1n) is 15.4. The van der Waals surface area contributed by atoms with Crippen LogP contribution in [-0.2, 0) is 20.7 Å². The van der Waals surface area contributed by atoms with Crippen molar-refractivity contribution in [1.29, 1.82) is 0 Å². The van der Waals surface area contributed by atoms with Gasteiger partial charge in [0.25, 0.3) is 0 Å². The quantitative estimate of drug-likeness (QED) is 0.127. The van der Waals surface area contributed by atoms with Crippen LogP contribution in [0.1, 0.15) is 40.9 Å². The number of nitrogens with zero attached hydrogens (tertiary/aromatic N) is 1. The summed E-state index contributed by atoms with van der Waals surface area (Å²) in [6.07, 6.45) is 0.687. The lowest BCUT2D eigenvalue weighted by Gasteiger charge is -2.30. The number of carbonyl (C=O) groups is 2. The van der Waals surface area contributed by atoms with Gasteiger partial charge in [0.2, 0.25) is 5.91 Å².